The first-order valence-electron chi connectivity index (χ1n) is 6.45. The molecule has 1 aromatic rings. The third kappa shape index (κ3) is 3.12. The Hall–Kier alpha value is -0.420. The van der Waals surface area contributed by atoms with Crippen molar-refractivity contribution in [1.29, 1.82) is 0 Å². The minimum absolute atomic E-state index is 0.160. The highest BCUT2D eigenvalue weighted by atomic mass is 79.9. The Morgan fingerprint density at radius 2 is 2.22 bits per heavy atom. The number of anilines is 1. The van der Waals surface area contributed by atoms with Crippen molar-refractivity contribution in [2.24, 2.45) is 11.3 Å². The molecule has 100 valence electrons. The van der Waals surface area contributed by atoms with E-state index >= 15 is 0 Å². The number of halogens is 1. The summed E-state index contributed by atoms with van der Waals surface area (Å²) in [6.07, 6.45) is 7.08. The van der Waals surface area contributed by atoms with E-state index in [0.717, 1.165) is 23.0 Å². The second kappa shape index (κ2) is 5.70. The Bertz CT molecular complexity index is 424. The van der Waals surface area contributed by atoms with Gasteiger partial charge in [0.05, 0.1) is 9.98 Å². The molecule has 0 spiro atoms. The molecule has 3 nitrogen and oxygen atoms in total. The molecular formula is C13H19BrN2OS. The first kappa shape index (κ1) is 14.0. The predicted octanol–water partition coefficient (Wildman–Crippen LogP) is 4.45. The van der Waals surface area contributed by atoms with E-state index in [0.29, 0.717) is 11.0 Å². The van der Waals surface area contributed by atoms with Gasteiger partial charge < -0.3 is 5.32 Å². The van der Waals surface area contributed by atoms with E-state index in [1.54, 1.807) is 6.20 Å². The zero-order valence-corrected chi connectivity index (χ0v) is 13.2. The third-order valence-corrected chi connectivity index (χ3v) is 4.93. The standard InChI is InChI=1S/C13H19BrN2OS/c1-9(2)7-13(5-3-4-6-13)11(17)16-12-15-8-10(14)18-12/h8-9H,3-7H2,1-2H3,(H,15,16,17). The van der Waals surface area contributed by atoms with Crippen LogP contribution in [0.15, 0.2) is 9.98 Å². The number of hydrogen-bond donors (Lipinski definition) is 1. The normalized spacial score (nSPS) is 18.2. The van der Waals surface area contributed by atoms with Crippen LogP contribution in [0.5, 0.6) is 0 Å². The summed E-state index contributed by atoms with van der Waals surface area (Å²) in [4.78, 5) is 16.7. The van der Waals surface area contributed by atoms with Crippen LogP contribution < -0.4 is 5.32 Å². The van der Waals surface area contributed by atoms with Gasteiger partial charge in [0.15, 0.2) is 5.13 Å². The Morgan fingerprint density at radius 3 is 2.72 bits per heavy atom. The van der Waals surface area contributed by atoms with Crippen LogP contribution in [-0.4, -0.2) is 10.9 Å². The fraction of sp³-hybridized carbons (Fsp3) is 0.692. The number of nitrogens with zero attached hydrogens (tertiary/aromatic N) is 1. The Morgan fingerprint density at radius 1 is 1.56 bits per heavy atom. The molecule has 0 saturated heterocycles. The van der Waals surface area contributed by atoms with Crippen molar-refractivity contribution in [3.8, 4) is 0 Å². The summed E-state index contributed by atoms with van der Waals surface area (Å²) in [5.74, 6) is 0.715. The molecule has 5 heteroatoms. The number of amides is 1. The number of hydrogen-bond acceptors (Lipinski definition) is 3. The van der Waals surface area contributed by atoms with E-state index in [4.69, 9.17) is 0 Å². The van der Waals surface area contributed by atoms with Gasteiger partial charge in [-0.2, -0.15) is 0 Å². The topological polar surface area (TPSA) is 42.0 Å². The zero-order valence-electron chi connectivity index (χ0n) is 10.8. The molecule has 1 saturated carbocycles. The van der Waals surface area contributed by atoms with E-state index in [1.807, 2.05) is 0 Å². The molecule has 1 aromatic heterocycles. The highest BCUT2D eigenvalue weighted by molar-refractivity contribution is 9.11. The van der Waals surface area contributed by atoms with Crippen molar-refractivity contribution < 1.29 is 4.79 Å². The van der Waals surface area contributed by atoms with E-state index in [-0.39, 0.29) is 11.3 Å². The SMILES string of the molecule is CC(C)CC1(C(=O)Nc2ncc(Br)s2)CCCC1. The fourth-order valence-corrected chi connectivity index (χ4v) is 4.00. The van der Waals surface area contributed by atoms with Gasteiger partial charge in [0.2, 0.25) is 5.91 Å². The summed E-state index contributed by atoms with van der Waals surface area (Å²) in [7, 11) is 0. The Kier molecular flexibility index (Phi) is 4.43. The smallest absolute Gasteiger partial charge is 0.232 e. The molecule has 1 N–H and O–H groups in total. The fourth-order valence-electron chi connectivity index (χ4n) is 2.90. The summed E-state index contributed by atoms with van der Waals surface area (Å²) in [6, 6.07) is 0. The molecule has 1 fully saturated rings. The van der Waals surface area contributed by atoms with Crippen molar-refractivity contribution in [3.05, 3.63) is 9.98 Å². The highest BCUT2D eigenvalue weighted by Crippen LogP contribution is 2.44. The molecule has 1 aliphatic carbocycles. The van der Waals surface area contributed by atoms with Gasteiger partial charge in [-0.05, 0) is 41.1 Å². The van der Waals surface area contributed by atoms with Crippen LogP contribution >= 0.6 is 27.3 Å². The second-order valence-electron chi connectivity index (χ2n) is 5.51. The highest BCUT2D eigenvalue weighted by Gasteiger charge is 2.41. The number of aromatic nitrogens is 1. The molecule has 0 aliphatic heterocycles. The summed E-state index contributed by atoms with van der Waals surface area (Å²) >= 11 is 4.83. The molecule has 0 aromatic carbocycles. The largest absolute Gasteiger partial charge is 0.301 e. The average molecular weight is 331 g/mol. The first-order valence-corrected chi connectivity index (χ1v) is 8.05. The molecule has 18 heavy (non-hydrogen) atoms. The maximum absolute atomic E-state index is 12.5. The van der Waals surface area contributed by atoms with Gasteiger partial charge in [0.1, 0.15) is 0 Å². The molecule has 1 aliphatic rings. The Balaban J connectivity index is 2.09. The number of carbonyl (C=O) groups is 1. The molecule has 0 unspecified atom stereocenters. The quantitative estimate of drug-likeness (QED) is 0.885. The number of rotatable bonds is 4. The summed E-state index contributed by atoms with van der Waals surface area (Å²) in [6.45, 7) is 4.38. The summed E-state index contributed by atoms with van der Waals surface area (Å²) in [5.41, 5.74) is -0.160. The third-order valence-electron chi connectivity index (χ3n) is 3.54. The predicted molar refractivity (Wildman–Crippen MR) is 78.8 cm³/mol. The van der Waals surface area contributed by atoms with Gasteiger partial charge >= 0.3 is 0 Å². The lowest BCUT2D eigenvalue weighted by Crippen LogP contribution is -2.35. The maximum Gasteiger partial charge on any atom is 0.232 e. The van der Waals surface area contributed by atoms with Crippen LogP contribution in [0.25, 0.3) is 0 Å². The lowest BCUT2D eigenvalue weighted by molar-refractivity contribution is -0.126. The van der Waals surface area contributed by atoms with Gasteiger partial charge in [0.25, 0.3) is 0 Å². The van der Waals surface area contributed by atoms with Crippen molar-refractivity contribution in [2.45, 2.75) is 46.0 Å². The van der Waals surface area contributed by atoms with Gasteiger partial charge in [-0.15, -0.1) is 0 Å². The van der Waals surface area contributed by atoms with Crippen molar-refractivity contribution in [1.82, 2.24) is 4.98 Å². The Labute approximate surface area is 121 Å². The van der Waals surface area contributed by atoms with Crippen LogP contribution in [0.3, 0.4) is 0 Å². The van der Waals surface area contributed by atoms with E-state index in [2.05, 4.69) is 40.1 Å². The van der Waals surface area contributed by atoms with Crippen LogP contribution in [0.2, 0.25) is 0 Å². The van der Waals surface area contributed by atoms with E-state index in [1.165, 1.54) is 24.2 Å². The second-order valence-corrected chi connectivity index (χ2v) is 7.92. The van der Waals surface area contributed by atoms with Gasteiger partial charge in [0, 0.05) is 5.41 Å². The molecule has 0 radical (unpaired) electrons. The monoisotopic (exact) mass is 330 g/mol. The minimum Gasteiger partial charge on any atom is -0.301 e. The van der Waals surface area contributed by atoms with E-state index in [9.17, 15) is 4.79 Å². The van der Waals surface area contributed by atoms with Crippen molar-refractivity contribution in [2.75, 3.05) is 5.32 Å². The lowest BCUT2D eigenvalue weighted by Gasteiger charge is -2.28. The van der Waals surface area contributed by atoms with Gasteiger partial charge in [-0.1, -0.05) is 38.0 Å². The zero-order chi connectivity index (χ0) is 13.2. The molecule has 0 atom stereocenters. The lowest BCUT2D eigenvalue weighted by atomic mass is 9.78. The summed E-state index contributed by atoms with van der Waals surface area (Å²) in [5, 5.41) is 3.69. The average Bonchev–Trinajstić information content (AvgIpc) is 2.88. The molecule has 1 amide bonds. The number of carbonyl (C=O) groups excluding carboxylic acids is 1. The van der Waals surface area contributed by atoms with Crippen LogP contribution in [0, 0.1) is 11.3 Å². The van der Waals surface area contributed by atoms with Crippen LogP contribution in [0.4, 0.5) is 5.13 Å². The van der Waals surface area contributed by atoms with Crippen LogP contribution in [0.1, 0.15) is 46.0 Å². The van der Waals surface area contributed by atoms with Crippen LogP contribution in [-0.2, 0) is 4.79 Å². The van der Waals surface area contributed by atoms with Crippen molar-refractivity contribution >= 4 is 38.3 Å². The first-order chi connectivity index (χ1) is 8.52. The molecule has 0 bridgehead atoms. The number of nitrogens with one attached hydrogen (secondary N) is 1. The molecule has 1 heterocycles. The summed E-state index contributed by atoms with van der Waals surface area (Å²) < 4.78 is 0.946. The molecular weight excluding hydrogens is 312 g/mol. The number of thiazole rings is 1. The van der Waals surface area contributed by atoms with Gasteiger partial charge in [-0.3, -0.25) is 4.79 Å². The van der Waals surface area contributed by atoms with Crippen molar-refractivity contribution in [3.63, 3.8) is 0 Å². The van der Waals surface area contributed by atoms with E-state index < -0.39 is 0 Å². The maximum atomic E-state index is 12.5. The van der Waals surface area contributed by atoms with Gasteiger partial charge in [-0.25, -0.2) is 4.98 Å². The molecule has 2 rings (SSSR count). The minimum atomic E-state index is -0.160.